The third kappa shape index (κ3) is 3.01. The highest BCUT2D eigenvalue weighted by Gasteiger charge is 2.39. The van der Waals surface area contributed by atoms with Crippen molar-refractivity contribution in [1.82, 2.24) is 10.3 Å². The Hall–Kier alpha value is -1.46. The van der Waals surface area contributed by atoms with E-state index in [-0.39, 0.29) is 6.54 Å². The molecule has 0 spiro atoms. The summed E-state index contributed by atoms with van der Waals surface area (Å²) >= 11 is 0. The third-order valence-corrected chi connectivity index (χ3v) is 2.33. The molecular formula is C10H13F3N2O. The number of rotatable bonds is 3. The molecule has 0 saturated heterocycles. The number of amides is 1. The predicted molar refractivity (Wildman–Crippen MR) is 52.9 cm³/mol. The van der Waals surface area contributed by atoms with Crippen molar-refractivity contribution in [2.75, 3.05) is 6.54 Å². The van der Waals surface area contributed by atoms with E-state index in [4.69, 9.17) is 0 Å². The molecular weight excluding hydrogens is 221 g/mol. The Balaban J connectivity index is 2.59. The molecule has 16 heavy (non-hydrogen) atoms. The Morgan fingerprint density at radius 3 is 2.50 bits per heavy atom. The minimum absolute atomic E-state index is 0.0663. The van der Waals surface area contributed by atoms with Crippen molar-refractivity contribution >= 4 is 5.91 Å². The standard InChI is InChI=1S/C10H13F3N2O/c1-9(2,7-3-4-14-5-7)6-15-8(16)10(11,12)13/h3-5,14H,6H2,1-2H3,(H,15,16). The molecule has 0 fully saturated rings. The Bertz CT molecular complexity index is 355. The van der Waals surface area contributed by atoms with Crippen molar-refractivity contribution in [3.05, 3.63) is 24.0 Å². The first-order valence-electron chi connectivity index (χ1n) is 4.72. The van der Waals surface area contributed by atoms with E-state index in [1.807, 2.05) is 5.32 Å². The van der Waals surface area contributed by atoms with Gasteiger partial charge in [0.2, 0.25) is 0 Å². The van der Waals surface area contributed by atoms with Gasteiger partial charge in [0.15, 0.2) is 0 Å². The molecule has 6 heteroatoms. The zero-order valence-electron chi connectivity index (χ0n) is 8.98. The molecule has 1 aromatic rings. The summed E-state index contributed by atoms with van der Waals surface area (Å²) in [7, 11) is 0. The third-order valence-electron chi connectivity index (χ3n) is 2.33. The number of carbonyl (C=O) groups excluding carboxylic acids is 1. The van der Waals surface area contributed by atoms with Gasteiger partial charge < -0.3 is 10.3 Å². The largest absolute Gasteiger partial charge is 0.471 e. The van der Waals surface area contributed by atoms with Crippen LogP contribution in [0.4, 0.5) is 13.2 Å². The van der Waals surface area contributed by atoms with Gasteiger partial charge in [0, 0.05) is 24.4 Å². The molecule has 0 unspecified atom stereocenters. The molecule has 0 aliphatic rings. The summed E-state index contributed by atoms with van der Waals surface area (Å²) in [5.41, 5.74) is 0.302. The van der Waals surface area contributed by atoms with Gasteiger partial charge >= 0.3 is 12.1 Å². The number of H-pyrrole nitrogens is 1. The number of hydrogen-bond acceptors (Lipinski definition) is 1. The number of nitrogens with one attached hydrogen (secondary N) is 2. The van der Waals surface area contributed by atoms with Gasteiger partial charge in [-0.15, -0.1) is 0 Å². The molecule has 0 bridgehead atoms. The van der Waals surface area contributed by atoms with E-state index < -0.39 is 17.5 Å². The zero-order chi connectivity index (χ0) is 12.4. The Morgan fingerprint density at radius 1 is 1.44 bits per heavy atom. The van der Waals surface area contributed by atoms with E-state index in [0.29, 0.717) is 0 Å². The van der Waals surface area contributed by atoms with E-state index in [0.717, 1.165) is 5.56 Å². The van der Waals surface area contributed by atoms with Gasteiger partial charge in [-0.1, -0.05) is 13.8 Å². The first kappa shape index (κ1) is 12.6. The molecule has 1 heterocycles. The maximum absolute atomic E-state index is 11.9. The van der Waals surface area contributed by atoms with Crippen LogP contribution in [0, 0.1) is 0 Å². The second kappa shape index (κ2) is 4.19. The Morgan fingerprint density at radius 2 is 2.06 bits per heavy atom. The van der Waals surface area contributed by atoms with Gasteiger partial charge in [0.1, 0.15) is 0 Å². The van der Waals surface area contributed by atoms with Gasteiger partial charge in [0.05, 0.1) is 0 Å². The number of alkyl halides is 3. The highest BCUT2D eigenvalue weighted by atomic mass is 19.4. The summed E-state index contributed by atoms with van der Waals surface area (Å²) in [5.74, 6) is -1.91. The summed E-state index contributed by atoms with van der Waals surface area (Å²) in [6.45, 7) is 3.45. The second-order valence-corrected chi connectivity index (χ2v) is 4.16. The molecule has 0 saturated carbocycles. The van der Waals surface area contributed by atoms with Crippen LogP contribution in [-0.2, 0) is 10.2 Å². The van der Waals surface area contributed by atoms with Gasteiger partial charge in [-0.3, -0.25) is 4.79 Å². The SMILES string of the molecule is CC(C)(CNC(=O)C(F)(F)F)c1cc[nH]c1. The molecule has 2 N–H and O–H groups in total. The summed E-state index contributed by atoms with van der Waals surface area (Å²) in [6, 6.07) is 1.76. The average molecular weight is 234 g/mol. The molecule has 1 rings (SSSR count). The molecule has 0 aliphatic heterocycles. The van der Waals surface area contributed by atoms with E-state index >= 15 is 0 Å². The maximum atomic E-state index is 11.9. The normalized spacial score (nSPS) is 12.6. The van der Waals surface area contributed by atoms with Crippen molar-refractivity contribution in [1.29, 1.82) is 0 Å². The first-order valence-corrected chi connectivity index (χ1v) is 4.72. The fourth-order valence-electron chi connectivity index (χ4n) is 1.25. The molecule has 1 amide bonds. The van der Waals surface area contributed by atoms with Crippen LogP contribution in [0.1, 0.15) is 19.4 Å². The molecule has 90 valence electrons. The molecule has 1 aromatic heterocycles. The molecule has 0 radical (unpaired) electrons. The molecule has 0 aliphatic carbocycles. The van der Waals surface area contributed by atoms with Gasteiger partial charge in [0.25, 0.3) is 0 Å². The fourth-order valence-corrected chi connectivity index (χ4v) is 1.25. The number of aromatic amines is 1. The molecule has 0 aromatic carbocycles. The Labute approximate surface area is 91.0 Å². The van der Waals surface area contributed by atoms with E-state index in [1.165, 1.54) is 0 Å². The number of halogens is 3. The van der Waals surface area contributed by atoms with Crippen LogP contribution in [-0.4, -0.2) is 23.6 Å². The highest BCUT2D eigenvalue weighted by Crippen LogP contribution is 2.22. The van der Waals surface area contributed by atoms with Gasteiger partial charge in [-0.25, -0.2) is 0 Å². The lowest BCUT2D eigenvalue weighted by atomic mass is 9.86. The summed E-state index contributed by atoms with van der Waals surface area (Å²) in [5, 5.41) is 1.87. The lowest BCUT2D eigenvalue weighted by Gasteiger charge is -2.24. The van der Waals surface area contributed by atoms with Crippen LogP contribution in [0.2, 0.25) is 0 Å². The minimum Gasteiger partial charge on any atom is -0.367 e. The minimum atomic E-state index is -4.83. The van der Waals surface area contributed by atoms with Crippen LogP contribution in [0.5, 0.6) is 0 Å². The lowest BCUT2D eigenvalue weighted by Crippen LogP contribution is -2.43. The van der Waals surface area contributed by atoms with Crippen LogP contribution in [0.3, 0.4) is 0 Å². The molecule has 0 atom stereocenters. The zero-order valence-corrected chi connectivity index (χ0v) is 8.98. The van der Waals surface area contributed by atoms with Gasteiger partial charge in [-0.05, 0) is 11.6 Å². The van der Waals surface area contributed by atoms with Crippen molar-refractivity contribution in [3.8, 4) is 0 Å². The van der Waals surface area contributed by atoms with Crippen molar-refractivity contribution < 1.29 is 18.0 Å². The highest BCUT2D eigenvalue weighted by molar-refractivity contribution is 5.81. The molecule has 3 nitrogen and oxygen atoms in total. The van der Waals surface area contributed by atoms with E-state index in [1.54, 1.807) is 32.3 Å². The quantitative estimate of drug-likeness (QED) is 0.825. The monoisotopic (exact) mass is 234 g/mol. The number of hydrogen-bond donors (Lipinski definition) is 2. The Kier molecular flexibility index (Phi) is 3.30. The van der Waals surface area contributed by atoms with Crippen LogP contribution >= 0.6 is 0 Å². The van der Waals surface area contributed by atoms with Crippen LogP contribution in [0.25, 0.3) is 0 Å². The van der Waals surface area contributed by atoms with Crippen molar-refractivity contribution in [2.24, 2.45) is 0 Å². The second-order valence-electron chi connectivity index (χ2n) is 4.16. The fraction of sp³-hybridized carbons (Fsp3) is 0.500. The van der Waals surface area contributed by atoms with Crippen molar-refractivity contribution in [3.63, 3.8) is 0 Å². The topological polar surface area (TPSA) is 44.9 Å². The first-order chi connectivity index (χ1) is 7.23. The van der Waals surface area contributed by atoms with Crippen LogP contribution < -0.4 is 5.32 Å². The van der Waals surface area contributed by atoms with E-state index in [9.17, 15) is 18.0 Å². The summed E-state index contributed by atoms with van der Waals surface area (Å²) < 4.78 is 35.8. The maximum Gasteiger partial charge on any atom is 0.471 e. The van der Waals surface area contributed by atoms with E-state index in [2.05, 4.69) is 4.98 Å². The summed E-state index contributed by atoms with van der Waals surface area (Å²) in [4.78, 5) is 13.5. The van der Waals surface area contributed by atoms with Crippen LogP contribution in [0.15, 0.2) is 18.5 Å². The van der Waals surface area contributed by atoms with Gasteiger partial charge in [-0.2, -0.15) is 13.2 Å². The lowest BCUT2D eigenvalue weighted by molar-refractivity contribution is -0.173. The number of carbonyl (C=O) groups is 1. The smallest absolute Gasteiger partial charge is 0.367 e. The average Bonchev–Trinajstić information content (AvgIpc) is 2.65. The predicted octanol–water partition coefficient (Wildman–Crippen LogP) is 1.97. The summed E-state index contributed by atoms with van der Waals surface area (Å²) in [6.07, 6.45) is -1.45. The number of aromatic nitrogens is 1. The van der Waals surface area contributed by atoms with Crippen molar-refractivity contribution in [2.45, 2.75) is 25.4 Å².